The van der Waals surface area contributed by atoms with Gasteiger partial charge in [-0.15, -0.1) is 0 Å². The van der Waals surface area contributed by atoms with E-state index in [1.807, 2.05) is 6.92 Å². The van der Waals surface area contributed by atoms with E-state index in [0.29, 0.717) is 6.54 Å². The minimum atomic E-state index is -0.951. The predicted octanol–water partition coefficient (Wildman–Crippen LogP) is 2.18. The van der Waals surface area contributed by atoms with E-state index in [1.165, 1.54) is 19.3 Å². The summed E-state index contributed by atoms with van der Waals surface area (Å²) in [5, 5.41) is 12.3. The highest BCUT2D eigenvalue weighted by atomic mass is 16.5. The highest BCUT2D eigenvalue weighted by molar-refractivity contribution is 5.78. The lowest BCUT2D eigenvalue weighted by Crippen LogP contribution is -2.54. The van der Waals surface area contributed by atoms with Gasteiger partial charge in [0.15, 0.2) is 0 Å². The summed E-state index contributed by atoms with van der Waals surface area (Å²) in [6, 6.07) is 0. The Morgan fingerprint density at radius 1 is 1.41 bits per heavy atom. The van der Waals surface area contributed by atoms with Crippen LogP contribution >= 0.6 is 0 Å². The molecule has 0 aliphatic heterocycles. The van der Waals surface area contributed by atoms with Crippen LogP contribution in [-0.4, -0.2) is 35.9 Å². The van der Waals surface area contributed by atoms with Crippen molar-refractivity contribution in [3.05, 3.63) is 0 Å². The van der Waals surface area contributed by atoms with Crippen molar-refractivity contribution in [2.45, 2.75) is 64.0 Å². The molecular weight excluding hydrogens is 218 g/mol. The molecule has 2 N–H and O–H groups in total. The summed E-state index contributed by atoms with van der Waals surface area (Å²) >= 11 is 0. The Kier molecular flexibility index (Phi) is 5.92. The number of hydrogen-bond donors (Lipinski definition) is 2. The molecule has 1 unspecified atom stereocenters. The van der Waals surface area contributed by atoms with Crippen molar-refractivity contribution >= 4 is 5.97 Å². The van der Waals surface area contributed by atoms with Crippen molar-refractivity contribution in [1.82, 2.24) is 5.32 Å². The van der Waals surface area contributed by atoms with Gasteiger partial charge >= 0.3 is 5.97 Å². The Morgan fingerprint density at radius 2 is 2.06 bits per heavy atom. The molecule has 0 aromatic heterocycles. The summed E-state index contributed by atoms with van der Waals surface area (Å²) in [6.07, 6.45) is 7.02. The van der Waals surface area contributed by atoms with E-state index in [0.717, 1.165) is 19.3 Å². The number of nitrogens with one attached hydrogen (secondary N) is 1. The summed E-state index contributed by atoms with van der Waals surface area (Å²) < 4.78 is 5.76. The summed E-state index contributed by atoms with van der Waals surface area (Å²) in [6.45, 7) is 4.69. The summed E-state index contributed by atoms with van der Waals surface area (Å²) in [4.78, 5) is 11.3. The molecule has 4 nitrogen and oxygen atoms in total. The quantitative estimate of drug-likeness (QED) is 0.719. The van der Waals surface area contributed by atoms with Crippen LogP contribution in [0.3, 0.4) is 0 Å². The molecule has 1 aliphatic carbocycles. The molecule has 1 atom stereocenters. The zero-order valence-corrected chi connectivity index (χ0v) is 11.0. The number of carbonyl (C=O) groups is 1. The van der Waals surface area contributed by atoms with E-state index < -0.39 is 11.5 Å². The van der Waals surface area contributed by atoms with Gasteiger partial charge in [0.2, 0.25) is 0 Å². The van der Waals surface area contributed by atoms with Crippen LogP contribution in [0.4, 0.5) is 0 Å². The standard InChI is InChI=1S/C13H25NO3/c1-3-9-14-13(2,12(15)16)10-17-11-7-5-4-6-8-11/h11,14H,3-10H2,1-2H3,(H,15,16). The summed E-state index contributed by atoms with van der Waals surface area (Å²) in [5.41, 5.74) is -0.951. The Morgan fingerprint density at radius 3 is 2.59 bits per heavy atom. The van der Waals surface area contributed by atoms with Crippen molar-refractivity contribution in [2.24, 2.45) is 0 Å². The topological polar surface area (TPSA) is 58.6 Å². The van der Waals surface area contributed by atoms with Gasteiger partial charge in [0.1, 0.15) is 5.54 Å². The number of rotatable bonds is 7. The molecule has 0 bridgehead atoms. The lowest BCUT2D eigenvalue weighted by Gasteiger charge is -2.30. The van der Waals surface area contributed by atoms with Crippen molar-refractivity contribution in [3.8, 4) is 0 Å². The molecule has 1 rings (SSSR count). The number of hydrogen-bond acceptors (Lipinski definition) is 3. The summed E-state index contributed by atoms with van der Waals surface area (Å²) in [5.74, 6) is -0.832. The number of ether oxygens (including phenoxy) is 1. The molecule has 17 heavy (non-hydrogen) atoms. The third-order valence-electron chi connectivity index (χ3n) is 3.40. The normalized spacial score (nSPS) is 21.1. The van der Waals surface area contributed by atoms with Gasteiger partial charge in [0, 0.05) is 0 Å². The van der Waals surface area contributed by atoms with E-state index in [9.17, 15) is 9.90 Å². The fraction of sp³-hybridized carbons (Fsp3) is 0.923. The summed E-state index contributed by atoms with van der Waals surface area (Å²) in [7, 11) is 0. The van der Waals surface area contributed by atoms with Crippen molar-refractivity contribution < 1.29 is 14.6 Å². The molecule has 0 saturated heterocycles. The van der Waals surface area contributed by atoms with E-state index in [2.05, 4.69) is 5.32 Å². The average Bonchev–Trinajstić information content (AvgIpc) is 2.35. The monoisotopic (exact) mass is 243 g/mol. The van der Waals surface area contributed by atoms with Gasteiger partial charge in [-0.25, -0.2) is 0 Å². The van der Waals surface area contributed by atoms with E-state index in [4.69, 9.17) is 4.74 Å². The minimum Gasteiger partial charge on any atom is -0.480 e. The first kappa shape index (κ1) is 14.5. The maximum absolute atomic E-state index is 11.3. The first-order chi connectivity index (χ1) is 8.08. The fourth-order valence-electron chi connectivity index (χ4n) is 2.11. The zero-order chi connectivity index (χ0) is 12.7. The third-order valence-corrected chi connectivity index (χ3v) is 3.40. The lowest BCUT2D eigenvalue weighted by molar-refractivity contribution is -0.148. The highest BCUT2D eigenvalue weighted by Gasteiger charge is 2.33. The van der Waals surface area contributed by atoms with Crippen LogP contribution < -0.4 is 5.32 Å². The van der Waals surface area contributed by atoms with Crippen LogP contribution in [0.15, 0.2) is 0 Å². The van der Waals surface area contributed by atoms with Gasteiger partial charge in [0.05, 0.1) is 12.7 Å². The molecule has 1 saturated carbocycles. The van der Waals surface area contributed by atoms with Gasteiger partial charge in [-0.1, -0.05) is 26.2 Å². The minimum absolute atomic E-state index is 0.255. The fourth-order valence-corrected chi connectivity index (χ4v) is 2.11. The van der Waals surface area contributed by atoms with E-state index in [-0.39, 0.29) is 12.7 Å². The van der Waals surface area contributed by atoms with Crippen molar-refractivity contribution in [2.75, 3.05) is 13.2 Å². The molecule has 0 heterocycles. The van der Waals surface area contributed by atoms with Crippen molar-refractivity contribution in [3.63, 3.8) is 0 Å². The maximum atomic E-state index is 11.3. The van der Waals surface area contributed by atoms with E-state index in [1.54, 1.807) is 6.92 Å². The molecule has 0 amide bonds. The van der Waals surface area contributed by atoms with Gasteiger partial charge in [-0.2, -0.15) is 0 Å². The molecule has 0 radical (unpaired) electrons. The van der Waals surface area contributed by atoms with Crippen LogP contribution in [0.1, 0.15) is 52.4 Å². The smallest absolute Gasteiger partial charge is 0.326 e. The first-order valence-corrected chi connectivity index (χ1v) is 6.68. The Bertz CT molecular complexity index is 239. The van der Waals surface area contributed by atoms with Gasteiger partial charge in [-0.3, -0.25) is 4.79 Å². The van der Waals surface area contributed by atoms with Gasteiger partial charge < -0.3 is 15.2 Å². The Balaban J connectivity index is 2.39. The number of carboxylic acid groups (broad SMARTS) is 1. The van der Waals surface area contributed by atoms with Crippen LogP contribution in [-0.2, 0) is 9.53 Å². The molecule has 0 aromatic carbocycles. The second kappa shape index (κ2) is 6.97. The average molecular weight is 243 g/mol. The van der Waals surface area contributed by atoms with Crippen LogP contribution in [0.5, 0.6) is 0 Å². The zero-order valence-electron chi connectivity index (χ0n) is 11.0. The molecule has 0 spiro atoms. The highest BCUT2D eigenvalue weighted by Crippen LogP contribution is 2.21. The van der Waals surface area contributed by atoms with Crippen LogP contribution in [0.25, 0.3) is 0 Å². The first-order valence-electron chi connectivity index (χ1n) is 6.68. The number of aliphatic carboxylic acids is 1. The predicted molar refractivity (Wildman–Crippen MR) is 67.2 cm³/mol. The Labute approximate surface area is 104 Å². The number of carboxylic acids is 1. The molecule has 1 fully saturated rings. The lowest BCUT2D eigenvalue weighted by atomic mass is 9.97. The maximum Gasteiger partial charge on any atom is 0.326 e. The molecule has 1 aliphatic rings. The second-order valence-electron chi connectivity index (χ2n) is 5.14. The van der Waals surface area contributed by atoms with Crippen LogP contribution in [0, 0.1) is 0 Å². The van der Waals surface area contributed by atoms with Gasteiger partial charge in [-0.05, 0) is 32.7 Å². The molecule has 4 heteroatoms. The molecule has 0 aromatic rings. The van der Waals surface area contributed by atoms with Gasteiger partial charge in [0.25, 0.3) is 0 Å². The largest absolute Gasteiger partial charge is 0.480 e. The van der Waals surface area contributed by atoms with Crippen molar-refractivity contribution in [1.29, 1.82) is 0 Å². The second-order valence-corrected chi connectivity index (χ2v) is 5.14. The molecule has 100 valence electrons. The van der Waals surface area contributed by atoms with Crippen LogP contribution in [0.2, 0.25) is 0 Å². The SMILES string of the molecule is CCCNC(C)(COC1CCCCC1)C(=O)O. The van der Waals surface area contributed by atoms with E-state index >= 15 is 0 Å². The molecular formula is C13H25NO3. The third kappa shape index (κ3) is 4.64. The Hall–Kier alpha value is -0.610.